The van der Waals surface area contributed by atoms with E-state index in [-0.39, 0.29) is 18.5 Å². The van der Waals surface area contributed by atoms with Crippen LogP contribution in [-0.4, -0.2) is 32.7 Å². The molecule has 3 aromatic carbocycles. The van der Waals surface area contributed by atoms with Gasteiger partial charge in [0.25, 0.3) is 0 Å². The molecule has 7 nitrogen and oxygen atoms in total. The standard InChI is InChI=1S/C29H27NO6/c1-16-4-6-18(30-28(32)29(10-11-29)17-5-9-23-24(12-17)36-15-35-23)13-20(16)21-14-25(33-2)27(34-3)26-19(21)7-8-22(26)31/h4-6,9,12-14H,7-8,10-11,15H2,1-3H3,(H,30,32). The lowest BCUT2D eigenvalue weighted by Crippen LogP contribution is -2.27. The Morgan fingerprint density at radius 1 is 0.944 bits per heavy atom. The van der Waals surface area contributed by atoms with E-state index in [1.54, 1.807) is 14.2 Å². The number of rotatable bonds is 6. The van der Waals surface area contributed by atoms with Gasteiger partial charge in [0.05, 0.1) is 25.2 Å². The molecule has 0 aromatic heterocycles. The van der Waals surface area contributed by atoms with Crippen LogP contribution in [0.2, 0.25) is 0 Å². The average Bonchev–Trinajstić information content (AvgIpc) is 3.42. The lowest BCUT2D eigenvalue weighted by Gasteiger charge is -2.19. The van der Waals surface area contributed by atoms with Gasteiger partial charge < -0.3 is 24.3 Å². The minimum atomic E-state index is -0.566. The zero-order valence-electron chi connectivity index (χ0n) is 20.5. The van der Waals surface area contributed by atoms with Crippen molar-refractivity contribution in [1.82, 2.24) is 0 Å². The number of anilines is 1. The van der Waals surface area contributed by atoms with Crippen molar-refractivity contribution >= 4 is 17.4 Å². The molecule has 36 heavy (non-hydrogen) atoms. The van der Waals surface area contributed by atoms with E-state index < -0.39 is 5.41 Å². The first-order valence-electron chi connectivity index (χ1n) is 12.1. The summed E-state index contributed by atoms with van der Waals surface area (Å²) < 4.78 is 22.1. The predicted octanol–water partition coefficient (Wildman–Crippen LogP) is 5.21. The Morgan fingerprint density at radius 3 is 2.50 bits per heavy atom. The number of hydrogen-bond acceptors (Lipinski definition) is 6. The summed E-state index contributed by atoms with van der Waals surface area (Å²) in [5.41, 5.74) is 5.56. The summed E-state index contributed by atoms with van der Waals surface area (Å²) in [5, 5.41) is 3.14. The fourth-order valence-corrected chi connectivity index (χ4v) is 5.40. The molecule has 1 fully saturated rings. The highest BCUT2D eigenvalue weighted by Crippen LogP contribution is 2.51. The molecule has 0 atom stereocenters. The maximum absolute atomic E-state index is 13.5. The molecule has 0 bridgehead atoms. The highest BCUT2D eigenvalue weighted by molar-refractivity contribution is 6.06. The Morgan fingerprint density at radius 2 is 1.75 bits per heavy atom. The second-order valence-electron chi connectivity index (χ2n) is 9.57. The molecule has 7 heteroatoms. The number of carbonyl (C=O) groups excluding carboxylic acids is 2. The van der Waals surface area contributed by atoms with E-state index in [0.717, 1.165) is 40.7 Å². The smallest absolute Gasteiger partial charge is 0.235 e. The van der Waals surface area contributed by atoms with Crippen LogP contribution in [0.3, 0.4) is 0 Å². The predicted molar refractivity (Wildman–Crippen MR) is 134 cm³/mol. The molecule has 1 amide bonds. The van der Waals surface area contributed by atoms with E-state index in [2.05, 4.69) is 5.32 Å². The summed E-state index contributed by atoms with van der Waals surface area (Å²) in [6.07, 6.45) is 2.65. The third kappa shape index (κ3) is 3.41. The third-order valence-corrected chi connectivity index (χ3v) is 7.55. The van der Waals surface area contributed by atoms with Crippen molar-refractivity contribution in [2.24, 2.45) is 0 Å². The lowest BCUT2D eigenvalue weighted by molar-refractivity contribution is -0.118. The molecule has 3 aliphatic rings. The molecular weight excluding hydrogens is 458 g/mol. The van der Waals surface area contributed by atoms with E-state index in [0.29, 0.717) is 47.1 Å². The molecule has 0 radical (unpaired) electrons. The molecule has 1 N–H and O–H groups in total. The number of methoxy groups -OCH3 is 2. The van der Waals surface area contributed by atoms with Gasteiger partial charge in [-0.15, -0.1) is 0 Å². The number of nitrogens with one attached hydrogen (secondary N) is 1. The Balaban J connectivity index is 1.35. The molecule has 2 aliphatic carbocycles. The quantitative estimate of drug-likeness (QED) is 0.516. The van der Waals surface area contributed by atoms with E-state index in [4.69, 9.17) is 18.9 Å². The first-order chi connectivity index (χ1) is 17.4. The van der Waals surface area contributed by atoms with Crippen LogP contribution in [0.4, 0.5) is 5.69 Å². The van der Waals surface area contributed by atoms with Gasteiger partial charge in [-0.1, -0.05) is 12.1 Å². The Bertz CT molecular complexity index is 1420. The molecule has 1 saturated carbocycles. The van der Waals surface area contributed by atoms with Crippen molar-refractivity contribution in [3.63, 3.8) is 0 Å². The van der Waals surface area contributed by atoms with Gasteiger partial charge >= 0.3 is 0 Å². The number of Topliss-reactive ketones (excluding diaryl/α,β-unsaturated/α-hetero) is 1. The zero-order chi connectivity index (χ0) is 25.0. The number of aryl methyl sites for hydroxylation is 1. The van der Waals surface area contributed by atoms with Crippen molar-refractivity contribution in [3.05, 3.63) is 64.7 Å². The molecule has 184 valence electrons. The first-order valence-corrected chi connectivity index (χ1v) is 12.1. The van der Waals surface area contributed by atoms with Crippen LogP contribution >= 0.6 is 0 Å². The van der Waals surface area contributed by atoms with Gasteiger partial charge in [0.2, 0.25) is 12.7 Å². The number of amides is 1. The topological polar surface area (TPSA) is 83.1 Å². The van der Waals surface area contributed by atoms with Crippen molar-refractivity contribution < 1.29 is 28.5 Å². The lowest BCUT2D eigenvalue weighted by atomic mass is 9.92. The SMILES string of the molecule is COc1cc(-c2cc(NC(=O)C3(c4ccc5c(c4)OCO5)CC3)ccc2C)c2c(c1OC)C(=O)CC2. The molecule has 6 rings (SSSR count). The van der Waals surface area contributed by atoms with E-state index in [1.807, 2.05) is 49.4 Å². The fourth-order valence-electron chi connectivity index (χ4n) is 5.40. The van der Waals surface area contributed by atoms with Crippen molar-refractivity contribution in [2.75, 3.05) is 26.3 Å². The van der Waals surface area contributed by atoms with Gasteiger partial charge in [-0.3, -0.25) is 9.59 Å². The maximum atomic E-state index is 13.5. The second-order valence-corrected chi connectivity index (χ2v) is 9.57. The molecule has 0 spiro atoms. The van der Waals surface area contributed by atoms with Crippen LogP contribution < -0.4 is 24.3 Å². The molecule has 1 aliphatic heterocycles. The highest BCUT2D eigenvalue weighted by Gasteiger charge is 2.51. The van der Waals surface area contributed by atoms with Crippen LogP contribution in [0.15, 0.2) is 42.5 Å². The van der Waals surface area contributed by atoms with Gasteiger partial charge in [-0.25, -0.2) is 0 Å². The molecule has 1 heterocycles. The van der Waals surface area contributed by atoms with Crippen LogP contribution in [0.25, 0.3) is 11.1 Å². The number of carbonyl (C=O) groups is 2. The summed E-state index contributed by atoms with van der Waals surface area (Å²) in [5.74, 6) is 2.42. The van der Waals surface area contributed by atoms with Gasteiger partial charge in [0, 0.05) is 12.1 Å². The normalized spacial score (nSPS) is 16.5. The van der Waals surface area contributed by atoms with Crippen molar-refractivity contribution in [2.45, 2.75) is 38.0 Å². The number of benzene rings is 3. The van der Waals surface area contributed by atoms with Gasteiger partial charge in [-0.05, 0) is 84.3 Å². The molecule has 0 saturated heterocycles. The van der Waals surface area contributed by atoms with Crippen LogP contribution in [0.1, 0.15) is 46.3 Å². The molecule has 3 aromatic rings. The van der Waals surface area contributed by atoms with Crippen molar-refractivity contribution in [1.29, 1.82) is 0 Å². The maximum Gasteiger partial charge on any atom is 0.235 e. The summed E-state index contributed by atoms with van der Waals surface area (Å²) in [6, 6.07) is 13.5. The van der Waals surface area contributed by atoms with Crippen molar-refractivity contribution in [3.8, 4) is 34.1 Å². The van der Waals surface area contributed by atoms with Crippen LogP contribution in [0, 0.1) is 6.92 Å². The van der Waals surface area contributed by atoms with E-state index >= 15 is 0 Å². The molecule has 0 unspecified atom stereocenters. The largest absolute Gasteiger partial charge is 0.493 e. The fraction of sp³-hybridized carbons (Fsp3) is 0.310. The number of ketones is 1. The monoisotopic (exact) mass is 485 g/mol. The number of fused-ring (bicyclic) bond motifs is 2. The third-order valence-electron chi connectivity index (χ3n) is 7.55. The Kier molecular flexibility index (Phi) is 5.18. The summed E-state index contributed by atoms with van der Waals surface area (Å²) >= 11 is 0. The minimum Gasteiger partial charge on any atom is -0.493 e. The summed E-state index contributed by atoms with van der Waals surface area (Å²) in [7, 11) is 3.13. The second kappa shape index (κ2) is 8.29. The molecular formula is C29H27NO6. The number of ether oxygens (including phenoxy) is 4. The number of hydrogen-bond donors (Lipinski definition) is 1. The van der Waals surface area contributed by atoms with Gasteiger partial charge in [0.15, 0.2) is 28.8 Å². The van der Waals surface area contributed by atoms with Gasteiger partial charge in [0.1, 0.15) is 0 Å². The average molecular weight is 486 g/mol. The summed E-state index contributed by atoms with van der Waals surface area (Å²) in [4.78, 5) is 26.2. The van der Waals surface area contributed by atoms with E-state index in [1.165, 1.54) is 0 Å². The highest BCUT2D eigenvalue weighted by atomic mass is 16.7. The van der Waals surface area contributed by atoms with E-state index in [9.17, 15) is 9.59 Å². The first kappa shape index (κ1) is 22.5. The minimum absolute atomic E-state index is 0.0381. The van der Waals surface area contributed by atoms with Gasteiger partial charge in [-0.2, -0.15) is 0 Å². The Hall–Kier alpha value is -4.00. The van der Waals surface area contributed by atoms with Crippen LogP contribution in [-0.2, 0) is 16.6 Å². The Labute approximate surface area is 209 Å². The zero-order valence-corrected chi connectivity index (χ0v) is 20.5. The van der Waals surface area contributed by atoms with Crippen LogP contribution in [0.5, 0.6) is 23.0 Å². The summed E-state index contributed by atoms with van der Waals surface area (Å²) in [6.45, 7) is 2.23.